The first-order chi connectivity index (χ1) is 13.5. The van der Waals surface area contributed by atoms with Crippen LogP contribution < -0.4 is 0 Å². The molecule has 3 aromatic heterocycles. The summed E-state index contributed by atoms with van der Waals surface area (Å²) in [5, 5.41) is 13.9. The zero-order valence-electron chi connectivity index (χ0n) is 14.8. The Morgan fingerprint density at radius 2 is 1.89 bits per heavy atom. The van der Waals surface area contributed by atoms with Gasteiger partial charge in [0.15, 0.2) is 11.6 Å². The lowest BCUT2D eigenvalue weighted by atomic mass is 9.76. The minimum Gasteiger partial charge on any atom is -0.304 e. The maximum atomic E-state index is 14.3. The van der Waals surface area contributed by atoms with Crippen LogP contribution in [0.2, 0.25) is 0 Å². The van der Waals surface area contributed by atoms with E-state index in [-0.39, 0.29) is 17.4 Å². The Labute approximate surface area is 157 Å². The Bertz CT molecular complexity index is 1180. The third kappa shape index (κ3) is 2.57. The number of hydrogen-bond donors (Lipinski definition) is 1. The Morgan fingerprint density at radius 3 is 2.68 bits per heavy atom. The van der Waals surface area contributed by atoms with Gasteiger partial charge < -0.3 is 4.40 Å². The van der Waals surface area contributed by atoms with E-state index in [1.807, 2.05) is 29.7 Å². The molecule has 1 aliphatic rings. The summed E-state index contributed by atoms with van der Waals surface area (Å²) in [6, 6.07) is 5.33. The highest BCUT2D eigenvalue weighted by atomic mass is 19.2. The van der Waals surface area contributed by atoms with Crippen LogP contribution in [0.5, 0.6) is 0 Å². The molecule has 9 heteroatoms. The fraction of sp³-hybridized carbons (Fsp3) is 0.263. The maximum Gasteiger partial charge on any atom is 0.204 e. The van der Waals surface area contributed by atoms with Crippen molar-refractivity contribution in [3.8, 4) is 11.4 Å². The zero-order valence-corrected chi connectivity index (χ0v) is 14.8. The van der Waals surface area contributed by atoms with E-state index in [0.29, 0.717) is 24.7 Å². The van der Waals surface area contributed by atoms with Crippen molar-refractivity contribution in [1.29, 1.82) is 0 Å². The van der Waals surface area contributed by atoms with Crippen LogP contribution in [-0.4, -0.2) is 30.0 Å². The number of fused-ring (bicyclic) bond motifs is 3. The van der Waals surface area contributed by atoms with E-state index in [2.05, 4.69) is 20.6 Å². The molecule has 5 rings (SSSR count). The van der Waals surface area contributed by atoms with Gasteiger partial charge in [0.25, 0.3) is 0 Å². The predicted octanol–water partition coefficient (Wildman–Crippen LogP) is 3.45. The van der Waals surface area contributed by atoms with Crippen LogP contribution in [0.3, 0.4) is 0 Å². The molecule has 28 heavy (non-hydrogen) atoms. The molecule has 1 aliphatic carbocycles. The highest BCUT2D eigenvalue weighted by Gasteiger charge is 2.32. The first-order valence-corrected chi connectivity index (χ1v) is 8.89. The number of aromatic nitrogens is 6. The van der Waals surface area contributed by atoms with Crippen LogP contribution in [0.1, 0.15) is 29.8 Å². The highest BCUT2D eigenvalue weighted by molar-refractivity contribution is 5.61. The molecule has 142 valence electrons. The monoisotopic (exact) mass is 384 g/mol. The van der Waals surface area contributed by atoms with Crippen molar-refractivity contribution < 1.29 is 13.2 Å². The summed E-state index contributed by atoms with van der Waals surface area (Å²) in [4.78, 5) is 4.69. The minimum atomic E-state index is -1.17. The van der Waals surface area contributed by atoms with Crippen LogP contribution in [0.4, 0.5) is 13.2 Å². The second-order valence-corrected chi connectivity index (χ2v) is 7.16. The molecule has 1 N–H and O–H groups in total. The molecule has 0 amide bonds. The van der Waals surface area contributed by atoms with E-state index in [9.17, 15) is 13.2 Å². The summed E-state index contributed by atoms with van der Waals surface area (Å²) in [5.74, 6) is -2.69. The van der Waals surface area contributed by atoms with E-state index in [1.54, 1.807) is 0 Å². The molecule has 4 aromatic rings. The first-order valence-electron chi connectivity index (χ1n) is 8.89. The number of halogens is 3. The molecule has 0 spiro atoms. The zero-order chi connectivity index (χ0) is 19.4. The quantitative estimate of drug-likeness (QED) is 0.538. The van der Waals surface area contributed by atoms with Crippen molar-refractivity contribution in [2.75, 3.05) is 0 Å². The Balaban J connectivity index is 1.56. The number of pyridine rings is 1. The molecule has 6 nitrogen and oxygen atoms in total. The van der Waals surface area contributed by atoms with E-state index in [1.165, 1.54) is 0 Å². The molecule has 0 saturated carbocycles. The Morgan fingerprint density at radius 1 is 1.07 bits per heavy atom. The summed E-state index contributed by atoms with van der Waals surface area (Å²) < 4.78 is 43.3. The molecule has 0 radical (unpaired) electrons. The number of nitrogens with zero attached hydrogens (tertiary/aromatic N) is 5. The lowest BCUT2D eigenvalue weighted by Gasteiger charge is -2.29. The molecular formula is C19H15F3N6. The first kappa shape index (κ1) is 16.9. The summed E-state index contributed by atoms with van der Waals surface area (Å²) >= 11 is 0. The van der Waals surface area contributed by atoms with Crippen molar-refractivity contribution in [3.63, 3.8) is 0 Å². The second kappa shape index (κ2) is 6.15. The average molecular weight is 384 g/mol. The molecule has 2 unspecified atom stereocenters. The summed E-state index contributed by atoms with van der Waals surface area (Å²) in [5.41, 5.74) is 3.58. The topological polar surface area (TPSA) is 71.8 Å². The van der Waals surface area contributed by atoms with Crippen molar-refractivity contribution >= 4 is 5.65 Å². The van der Waals surface area contributed by atoms with Gasteiger partial charge in [-0.2, -0.15) is 5.21 Å². The third-order valence-corrected chi connectivity index (χ3v) is 5.47. The van der Waals surface area contributed by atoms with Gasteiger partial charge in [0, 0.05) is 23.5 Å². The molecule has 2 atom stereocenters. The summed E-state index contributed by atoms with van der Waals surface area (Å²) in [6.45, 7) is 1.99. The number of aromatic amines is 1. The Kier molecular flexibility index (Phi) is 3.71. The number of hydrogen-bond acceptors (Lipinski definition) is 4. The fourth-order valence-electron chi connectivity index (χ4n) is 4.04. The van der Waals surface area contributed by atoms with E-state index >= 15 is 0 Å². The van der Waals surface area contributed by atoms with Gasteiger partial charge in [-0.3, -0.25) is 0 Å². The van der Waals surface area contributed by atoms with Crippen molar-refractivity contribution in [2.24, 2.45) is 5.92 Å². The van der Waals surface area contributed by atoms with Crippen LogP contribution in [-0.2, 0) is 12.8 Å². The van der Waals surface area contributed by atoms with Gasteiger partial charge >= 0.3 is 0 Å². The van der Waals surface area contributed by atoms with Gasteiger partial charge in [-0.05, 0) is 53.7 Å². The van der Waals surface area contributed by atoms with Gasteiger partial charge in [0.2, 0.25) is 5.82 Å². The smallest absolute Gasteiger partial charge is 0.204 e. The minimum absolute atomic E-state index is 0.0450. The van der Waals surface area contributed by atoms with Gasteiger partial charge in [-0.1, -0.05) is 6.92 Å². The van der Waals surface area contributed by atoms with Gasteiger partial charge in [0.1, 0.15) is 11.5 Å². The summed E-state index contributed by atoms with van der Waals surface area (Å²) in [6.07, 6.45) is 3.01. The normalized spacial score (nSPS) is 19.1. The van der Waals surface area contributed by atoms with Gasteiger partial charge in [-0.25, -0.2) is 18.2 Å². The third-order valence-electron chi connectivity index (χ3n) is 5.47. The van der Waals surface area contributed by atoms with E-state index in [4.69, 9.17) is 4.98 Å². The number of rotatable bonds is 2. The predicted molar refractivity (Wildman–Crippen MR) is 94.0 cm³/mol. The summed E-state index contributed by atoms with van der Waals surface area (Å²) in [7, 11) is 0. The largest absolute Gasteiger partial charge is 0.304 e. The molecule has 0 aliphatic heterocycles. The van der Waals surface area contributed by atoms with Crippen molar-refractivity contribution in [1.82, 2.24) is 30.0 Å². The molecular weight excluding hydrogens is 369 g/mol. The number of benzene rings is 1. The lowest BCUT2D eigenvalue weighted by Crippen LogP contribution is -2.23. The maximum absolute atomic E-state index is 14.3. The second-order valence-electron chi connectivity index (χ2n) is 7.16. The number of imidazole rings is 1. The Hall–Kier alpha value is -3.23. The highest BCUT2D eigenvalue weighted by Crippen LogP contribution is 2.38. The SMILES string of the molecule is CC1Cc2c(nc3cc(-c4nn[nH]n4)ccn23)CC1c1cc(F)c(F)cc1F. The van der Waals surface area contributed by atoms with Crippen LogP contribution in [0.25, 0.3) is 17.0 Å². The number of H-pyrrole nitrogens is 1. The standard InChI is InChI=1S/C19H15F3N6/c1-9-4-17-16(7-11(9)12-6-14(21)15(22)8-13(12)20)23-18-5-10(2-3-28(17)18)19-24-26-27-25-19/h2-3,5-6,8-9,11H,4,7H2,1H3,(H,24,25,26,27). The van der Waals surface area contributed by atoms with Gasteiger partial charge in [-0.15, -0.1) is 10.2 Å². The lowest BCUT2D eigenvalue weighted by molar-refractivity contribution is 0.398. The fourth-order valence-corrected chi connectivity index (χ4v) is 4.04. The molecule has 0 bridgehead atoms. The van der Waals surface area contributed by atoms with E-state index in [0.717, 1.165) is 28.7 Å². The molecule has 0 saturated heterocycles. The molecule has 0 fully saturated rings. The van der Waals surface area contributed by atoms with Crippen molar-refractivity contribution in [3.05, 3.63) is 64.9 Å². The number of tetrazole rings is 1. The molecule has 1 aromatic carbocycles. The van der Waals surface area contributed by atoms with Crippen LogP contribution in [0, 0.1) is 23.4 Å². The average Bonchev–Trinajstić information content (AvgIpc) is 3.31. The van der Waals surface area contributed by atoms with Crippen LogP contribution >= 0.6 is 0 Å². The van der Waals surface area contributed by atoms with E-state index < -0.39 is 17.5 Å². The number of nitrogens with one attached hydrogen (secondary N) is 1. The van der Waals surface area contributed by atoms with Crippen molar-refractivity contribution in [2.45, 2.75) is 25.7 Å². The van der Waals surface area contributed by atoms with Gasteiger partial charge in [0.05, 0.1) is 5.69 Å². The molecule has 3 heterocycles. The van der Waals surface area contributed by atoms with Crippen LogP contribution in [0.15, 0.2) is 30.5 Å².